The molecule has 1 amide bonds. The van der Waals surface area contributed by atoms with Gasteiger partial charge in [-0.05, 0) is 35.4 Å². The number of likely N-dealkylation sites (tertiary alicyclic amines) is 1. The van der Waals surface area contributed by atoms with Crippen LogP contribution < -0.4 is 0 Å². The van der Waals surface area contributed by atoms with Crippen molar-refractivity contribution in [3.05, 3.63) is 59.7 Å². The number of carboxylic acid groups (broad SMARTS) is 1. The summed E-state index contributed by atoms with van der Waals surface area (Å²) in [5, 5.41) is 18.9. The first-order valence-corrected chi connectivity index (χ1v) is 8.11. The molecule has 0 spiro atoms. The summed E-state index contributed by atoms with van der Waals surface area (Å²) in [7, 11) is 0. The standard InChI is InChI=1S/C19H17F2NO4/c20-14-4-1-12(2-5-14)13-3-6-15(16(21)11-13)17(23)22-9-7-19(26,8-10-22)18(24)25/h1-6,11,26H,7-10H2,(H,24,25). The van der Waals surface area contributed by atoms with Crippen LogP contribution in [0.15, 0.2) is 42.5 Å². The predicted octanol–water partition coefficient (Wildman–Crippen LogP) is 2.68. The molecule has 136 valence electrons. The SMILES string of the molecule is O=C(c1ccc(-c2ccc(F)cc2)cc1F)N1CCC(O)(C(=O)O)CC1. The number of hydrogen-bond donors (Lipinski definition) is 2. The van der Waals surface area contributed by atoms with Gasteiger partial charge in [0, 0.05) is 25.9 Å². The quantitative estimate of drug-likeness (QED) is 0.881. The third-order valence-electron chi connectivity index (χ3n) is 4.65. The van der Waals surface area contributed by atoms with Crippen LogP contribution in [-0.4, -0.2) is 45.7 Å². The number of carbonyl (C=O) groups excluding carboxylic acids is 1. The molecule has 0 aliphatic carbocycles. The van der Waals surface area contributed by atoms with Gasteiger partial charge < -0.3 is 15.1 Å². The molecule has 0 aromatic heterocycles. The highest BCUT2D eigenvalue weighted by Crippen LogP contribution is 2.26. The zero-order valence-corrected chi connectivity index (χ0v) is 13.8. The molecule has 2 N–H and O–H groups in total. The first-order valence-electron chi connectivity index (χ1n) is 8.11. The highest BCUT2D eigenvalue weighted by molar-refractivity contribution is 5.95. The van der Waals surface area contributed by atoms with Crippen LogP contribution in [0.4, 0.5) is 8.78 Å². The van der Waals surface area contributed by atoms with E-state index in [0.29, 0.717) is 11.1 Å². The van der Waals surface area contributed by atoms with Gasteiger partial charge in [-0.2, -0.15) is 0 Å². The Morgan fingerprint density at radius 2 is 1.54 bits per heavy atom. The Morgan fingerprint density at radius 1 is 0.962 bits per heavy atom. The molecule has 0 atom stereocenters. The number of hydrogen-bond acceptors (Lipinski definition) is 3. The van der Waals surface area contributed by atoms with Gasteiger partial charge in [0.05, 0.1) is 5.56 Å². The third-order valence-corrected chi connectivity index (χ3v) is 4.65. The van der Waals surface area contributed by atoms with Crippen molar-refractivity contribution in [2.45, 2.75) is 18.4 Å². The van der Waals surface area contributed by atoms with Crippen LogP contribution in [0.2, 0.25) is 0 Å². The van der Waals surface area contributed by atoms with Gasteiger partial charge >= 0.3 is 5.97 Å². The van der Waals surface area contributed by atoms with E-state index in [1.807, 2.05) is 0 Å². The number of piperidine rings is 1. The fourth-order valence-electron chi connectivity index (χ4n) is 2.97. The van der Waals surface area contributed by atoms with E-state index < -0.39 is 29.1 Å². The van der Waals surface area contributed by atoms with Crippen molar-refractivity contribution in [2.24, 2.45) is 0 Å². The minimum absolute atomic E-state index is 0.0286. The van der Waals surface area contributed by atoms with Crippen LogP contribution in [0.1, 0.15) is 23.2 Å². The molecule has 3 rings (SSSR count). The summed E-state index contributed by atoms with van der Waals surface area (Å²) in [6, 6.07) is 9.70. The summed E-state index contributed by atoms with van der Waals surface area (Å²) in [4.78, 5) is 24.9. The molecule has 0 saturated carbocycles. The molecular formula is C19H17F2NO4. The highest BCUT2D eigenvalue weighted by atomic mass is 19.1. The van der Waals surface area contributed by atoms with Crippen molar-refractivity contribution >= 4 is 11.9 Å². The lowest BCUT2D eigenvalue weighted by Crippen LogP contribution is -2.50. The van der Waals surface area contributed by atoms with E-state index in [4.69, 9.17) is 5.11 Å². The monoisotopic (exact) mass is 361 g/mol. The zero-order valence-electron chi connectivity index (χ0n) is 13.8. The summed E-state index contributed by atoms with van der Waals surface area (Å²) in [5.41, 5.74) is -0.842. The molecule has 5 nitrogen and oxygen atoms in total. The number of carbonyl (C=O) groups is 2. The van der Waals surface area contributed by atoms with E-state index in [-0.39, 0.29) is 31.5 Å². The van der Waals surface area contributed by atoms with Crippen LogP contribution in [0.5, 0.6) is 0 Å². The summed E-state index contributed by atoms with van der Waals surface area (Å²) >= 11 is 0. The Kier molecular flexibility index (Phi) is 4.73. The van der Waals surface area contributed by atoms with Crippen molar-refractivity contribution in [3.8, 4) is 11.1 Å². The number of amides is 1. The van der Waals surface area contributed by atoms with Gasteiger partial charge in [0.15, 0.2) is 5.60 Å². The topological polar surface area (TPSA) is 77.8 Å². The van der Waals surface area contributed by atoms with Gasteiger partial charge in [0.1, 0.15) is 11.6 Å². The normalized spacial score (nSPS) is 16.3. The smallest absolute Gasteiger partial charge is 0.335 e. The Bertz CT molecular complexity index is 843. The Morgan fingerprint density at radius 3 is 2.08 bits per heavy atom. The Balaban J connectivity index is 1.76. The van der Waals surface area contributed by atoms with Crippen molar-refractivity contribution < 1.29 is 28.6 Å². The van der Waals surface area contributed by atoms with Gasteiger partial charge in [-0.25, -0.2) is 13.6 Å². The van der Waals surface area contributed by atoms with Crippen molar-refractivity contribution in [3.63, 3.8) is 0 Å². The molecule has 0 unspecified atom stereocenters. The van der Waals surface area contributed by atoms with Crippen LogP contribution >= 0.6 is 0 Å². The molecule has 1 saturated heterocycles. The minimum atomic E-state index is -1.85. The van der Waals surface area contributed by atoms with Gasteiger partial charge in [0.25, 0.3) is 5.91 Å². The third kappa shape index (κ3) is 3.43. The Hall–Kier alpha value is -2.80. The first kappa shape index (κ1) is 18.0. The summed E-state index contributed by atoms with van der Waals surface area (Å²) in [6.45, 7) is 0.0571. The molecule has 1 aliphatic heterocycles. The molecule has 1 aliphatic rings. The Labute approximate surface area is 148 Å². The lowest BCUT2D eigenvalue weighted by molar-refractivity contribution is -0.162. The fourth-order valence-corrected chi connectivity index (χ4v) is 2.97. The average Bonchev–Trinajstić information content (AvgIpc) is 2.62. The largest absolute Gasteiger partial charge is 0.479 e. The minimum Gasteiger partial charge on any atom is -0.479 e. The second kappa shape index (κ2) is 6.84. The van der Waals surface area contributed by atoms with Gasteiger partial charge in [-0.15, -0.1) is 0 Å². The predicted molar refractivity (Wildman–Crippen MR) is 89.5 cm³/mol. The highest BCUT2D eigenvalue weighted by Gasteiger charge is 2.40. The number of carboxylic acids is 1. The zero-order chi connectivity index (χ0) is 18.9. The van der Waals surface area contributed by atoms with Crippen LogP contribution in [0.3, 0.4) is 0 Å². The van der Waals surface area contributed by atoms with E-state index in [2.05, 4.69) is 0 Å². The molecule has 0 radical (unpaired) electrons. The van der Waals surface area contributed by atoms with Gasteiger partial charge in [-0.1, -0.05) is 18.2 Å². The second-order valence-electron chi connectivity index (χ2n) is 6.33. The number of aliphatic hydroxyl groups is 1. The number of aliphatic carboxylic acids is 1. The lowest BCUT2D eigenvalue weighted by Gasteiger charge is -2.35. The summed E-state index contributed by atoms with van der Waals surface area (Å²) in [5.74, 6) is -2.98. The van der Waals surface area contributed by atoms with E-state index in [0.717, 1.165) is 0 Å². The van der Waals surface area contributed by atoms with Crippen LogP contribution in [0, 0.1) is 11.6 Å². The molecule has 2 aromatic rings. The molecular weight excluding hydrogens is 344 g/mol. The van der Waals surface area contributed by atoms with Gasteiger partial charge in [0.2, 0.25) is 0 Å². The van der Waals surface area contributed by atoms with Crippen molar-refractivity contribution in [1.82, 2.24) is 4.90 Å². The number of nitrogens with zero attached hydrogens (tertiary/aromatic N) is 1. The molecule has 1 fully saturated rings. The number of benzene rings is 2. The van der Waals surface area contributed by atoms with E-state index in [1.54, 1.807) is 6.07 Å². The molecule has 26 heavy (non-hydrogen) atoms. The van der Waals surface area contributed by atoms with Crippen molar-refractivity contribution in [1.29, 1.82) is 0 Å². The molecule has 1 heterocycles. The van der Waals surface area contributed by atoms with E-state index in [9.17, 15) is 23.5 Å². The summed E-state index contributed by atoms with van der Waals surface area (Å²) < 4.78 is 27.4. The average molecular weight is 361 g/mol. The maximum atomic E-state index is 14.4. The molecule has 7 heteroatoms. The lowest BCUT2D eigenvalue weighted by atomic mass is 9.91. The first-order chi connectivity index (χ1) is 12.3. The fraction of sp³-hybridized carbons (Fsp3) is 0.263. The maximum absolute atomic E-state index is 14.4. The van der Waals surface area contributed by atoms with Crippen molar-refractivity contribution in [2.75, 3.05) is 13.1 Å². The molecule has 2 aromatic carbocycles. The summed E-state index contributed by atoms with van der Waals surface area (Å²) in [6.07, 6.45) is -0.216. The van der Waals surface area contributed by atoms with Crippen LogP contribution in [0.25, 0.3) is 11.1 Å². The van der Waals surface area contributed by atoms with E-state index in [1.165, 1.54) is 41.3 Å². The van der Waals surface area contributed by atoms with Gasteiger partial charge in [-0.3, -0.25) is 4.79 Å². The number of halogens is 2. The number of rotatable bonds is 3. The van der Waals surface area contributed by atoms with Crippen LogP contribution in [-0.2, 0) is 4.79 Å². The molecule has 0 bridgehead atoms. The maximum Gasteiger partial charge on any atom is 0.335 e. The van der Waals surface area contributed by atoms with E-state index >= 15 is 0 Å². The second-order valence-corrected chi connectivity index (χ2v) is 6.33.